The third-order valence-corrected chi connectivity index (χ3v) is 10.9. The summed E-state index contributed by atoms with van der Waals surface area (Å²) in [6, 6.07) is 20.9. The third-order valence-electron chi connectivity index (χ3n) is 8.10. The lowest BCUT2D eigenvalue weighted by Gasteiger charge is -2.37. The van der Waals surface area contributed by atoms with Gasteiger partial charge in [-0.3, -0.25) is 0 Å². The molecule has 7 rings (SSSR count). The number of imidazole rings is 1. The monoisotopic (exact) mass is 718 g/mol. The number of thioether (sulfide) groups is 1. The Morgan fingerprint density at radius 3 is 2.61 bits per heavy atom. The first kappa shape index (κ1) is 31.2. The number of nitrogens with zero attached hydrogens (tertiary/aromatic N) is 6. The number of aryl methyl sites for hydroxylation is 1. The van der Waals surface area contributed by atoms with Crippen LogP contribution in [0, 0.1) is 6.92 Å². The molecule has 0 bridgehead atoms. The summed E-state index contributed by atoms with van der Waals surface area (Å²) in [7, 11) is 0. The molecule has 12 heteroatoms. The van der Waals surface area contributed by atoms with Crippen molar-refractivity contribution in [2.75, 3.05) is 49.2 Å². The lowest BCUT2D eigenvalue weighted by molar-refractivity contribution is -0.186. The highest BCUT2D eigenvalue weighted by atomic mass is 79.9. The first-order valence-corrected chi connectivity index (χ1v) is 17.9. The Morgan fingerprint density at radius 2 is 1.87 bits per heavy atom. The largest absolute Gasteiger partial charge is 0.491 e. The van der Waals surface area contributed by atoms with Crippen LogP contribution < -0.4 is 14.5 Å². The smallest absolute Gasteiger partial charge is 0.223 e. The molecule has 5 aromatic rings. The van der Waals surface area contributed by atoms with Gasteiger partial charge >= 0.3 is 0 Å². The van der Waals surface area contributed by atoms with Gasteiger partial charge in [0.15, 0.2) is 5.16 Å². The Bertz CT molecular complexity index is 1710. The van der Waals surface area contributed by atoms with Crippen LogP contribution in [0.25, 0.3) is 0 Å². The Labute approximate surface area is 285 Å². The fourth-order valence-electron chi connectivity index (χ4n) is 5.72. The van der Waals surface area contributed by atoms with E-state index in [-0.39, 0.29) is 6.10 Å². The molecule has 2 saturated heterocycles. The first-order chi connectivity index (χ1) is 22.5. The quantitative estimate of drug-likeness (QED) is 0.109. The van der Waals surface area contributed by atoms with Gasteiger partial charge in [-0.15, -0.1) is 11.3 Å². The van der Waals surface area contributed by atoms with Gasteiger partial charge in [-0.25, -0.2) is 15.0 Å². The van der Waals surface area contributed by atoms with E-state index in [9.17, 15) is 0 Å². The predicted octanol–water partition coefficient (Wildman–Crippen LogP) is 6.77. The maximum atomic E-state index is 6.53. The van der Waals surface area contributed by atoms with Crippen LogP contribution in [0.15, 0.2) is 101 Å². The van der Waals surface area contributed by atoms with Gasteiger partial charge in [-0.05, 0) is 58.7 Å². The molecule has 46 heavy (non-hydrogen) atoms. The SMILES string of the molecule is Cc1cnc(SCc2ccccc2)nc1N1CCN(c2ccc(OCC3COC(Cn4ccnc4)(c4cc(Br)cs4)O3)cc2)CC1. The van der Waals surface area contributed by atoms with Crippen molar-refractivity contribution >= 4 is 50.5 Å². The molecule has 0 radical (unpaired) electrons. The maximum absolute atomic E-state index is 6.53. The van der Waals surface area contributed by atoms with E-state index in [1.54, 1.807) is 35.6 Å². The molecule has 0 spiro atoms. The number of hydrogen-bond donors (Lipinski definition) is 0. The summed E-state index contributed by atoms with van der Waals surface area (Å²) >= 11 is 6.86. The minimum atomic E-state index is -0.871. The lowest BCUT2D eigenvalue weighted by atomic mass is 10.2. The highest BCUT2D eigenvalue weighted by Gasteiger charge is 2.45. The van der Waals surface area contributed by atoms with Crippen LogP contribution in [0.4, 0.5) is 11.5 Å². The van der Waals surface area contributed by atoms with E-state index < -0.39 is 5.79 Å². The zero-order valence-electron chi connectivity index (χ0n) is 25.5. The van der Waals surface area contributed by atoms with Gasteiger partial charge in [0.05, 0.1) is 24.4 Å². The number of hydrogen-bond acceptors (Lipinski definition) is 10. The van der Waals surface area contributed by atoms with Crippen LogP contribution in [0.3, 0.4) is 0 Å². The van der Waals surface area contributed by atoms with Crippen LogP contribution in [0.2, 0.25) is 0 Å². The van der Waals surface area contributed by atoms with E-state index in [1.807, 2.05) is 40.5 Å². The first-order valence-electron chi connectivity index (χ1n) is 15.3. The second kappa shape index (κ2) is 14.1. The van der Waals surface area contributed by atoms with E-state index in [0.717, 1.165) is 63.6 Å². The summed E-state index contributed by atoms with van der Waals surface area (Å²) < 4.78 is 22.0. The van der Waals surface area contributed by atoms with Crippen LogP contribution in [0.1, 0.15) is 16.0 Å². The maximum Gasteiger partial charge on any atom is 0.223 e. The molecule has 2 aromatic carbocycles. The third kappa shape index (κ3) is 7.26. The molecular weight excluding hydrogens is 684 g/mol. The van der Waals surface area contributed by atoms with Crippen LogP contribution in [-0.2, 0) is 27.6 Å². The molecule has 9 nitrogen and oxygen atoms in total. The summed E-state index contributed by atoms with van der Waals surface area (Å²) in [4.78, 5) is 19.5. The van der Waals surface area contributed by atoms with Gasteiger partial charge in [-0.1, -0.05) is 42.1 Å². The minimum Gasteiger partial charge on any atom is -0.491 e. The Balaban J connectivity index is 0.915. The molecule has 0 amide bonds. The van der Waals surface area contributed by atoms with Crippen molar-refractivity contribution in [3.8, 4) is 5.75 Å². The van der Waals surface area contributed by atoms with E-state index in [4.69, 9.17) is 19.2 Å². The zero-order chi connectivity index (χ0) is 31.3. The zero-order valence-corrected chi connectivity index (χ0v) is 28.7. The summed E-state index contributed by atoms with van der Waals surface area (Å²) in [6.45, 7) is 7.10. The second-order valence-corrected chi connectivity index (χ2v) is 14.1. The van der Waals surface area contributed by atoms with Gasteiger partial charge in [0, 0.05) is 71.6 Å². The highest BCUT2D eigenvalue weighted by molar-refractivity contribution is 9.10. The molecule has 0 aliphatic carbocycles. The number of rotatable bonds is 11. The van der Waals surface area contributed by atoms with E-state index >= 15 is 0 Å². The van der Waals surface area contributed by atoms with Crippen LogP contribution >= 0.6 is 39.0 Å². The van der Waals surface area contributed by atoms with Crippen molar-refractivity contribution in [1.29, 1.82) is 0 Å². The summed E-state index contributed by atoms with van der Waals surface area (Å²) in [5, 5.41) is 2.86. The summed E-state index contributed by atoms with van der Waals surface area (Å²) in [5.41, 5.74) is 3.57. The molecule has 2 fully saturated rings. The number of halogens is 1. The van der Waals surface area contributed by atoms with Crippen molar-refractivity contribution in [3.63, 3.8) is 0 Å². The van der Waals surface area contributed by atoms with Gasteiger partial charge < -0.3 is 28.6 Å². The normalized spacial score (nSPS) is 19.9. The fraction of sp³-hybridized carbons (Fsp3) is 0.324. The molecule has 0 saturated carbocycles. The van der Waals surface area contributed by atoms with E-state index in [2.05, 4.69) is 85.1 Å². The number of aromatic nitrogens is 4. The Hall–Kier alpha value is -3.42. The van der Waals surface area contributed by atoms with E-state index in [0.29, 0.717) is 19.8 Å². The van der Waals surface area contributed by atoms with Gasteiger partial charge in [-0.2, -0.15) is 0 Å². The number of anilines is 2. The van der Waals surface area contributed by atoms with Crippen molar-refractivity contribution in [1.82, 2.24) is 19.5 Å². The number of piperazine rings is 1. The standard InChI is InChI=1S/C34H35BrN6O3S2/c1-25-18-37-33(46-21-26-5-3-2-4-6-26)38-32(25)41-15-13-40(14-16-41)28-7-9-29(10-8-28)42-19-30-20-43-34(44-30,23-39-12-11-36-24-39)31-17-27(35)22-45-31/h2-12,17-18,22,24,30H,13-16,19-21,23H2,1H3. The van der Waals surface area contributed by atoms with Crippen molar-refractivity contribution in [3.05, 3.63) is 111 Å². The fourth-order valence-corrected chi connectivity index (χ4v) is 8.00. The molecule has 2 atom stereocenters. The second-order valence-electron chi connectivity index (χ2n) is 11.4. The summed E-state index contributed by atoms with van der Waals surface area (Å²) in [5.74, 6) is 1.84. The number of benzene rings is 2. The molecule has 3 aromatic heterocycles. The van der Waals surface area contributed by atoms with Crippen molar-refractivity contribution in [2.45, 2.75) is 36.3 Å². The molecule has 5 heterocycles. The molecular formula is C34H35BrN6O3S2. The highest BCUT2D eigenvalue weighted by Crippen LogP contribution is 2.40. The summed E-state index contributed by atoms with van der Waals surface area (Å²) in [6.07, 6.45) is 7.22. The molecule has 2 unspecified atom stereocenters. The average molecular weight is 720 g/mol. The van der Waals surface area contributed by atoms with Gasteiger partial charge in [0.25, 0.3) is 0 Å². The molecule has 2 aliphatic rings. The minimum absolute atomic E-state index is 0.195. The Kier molecular flexibility index (Phi) is 9.59. The van der Waals surface area contributed by atoms with Crippen molar-refractivity contribution < 1.29 is 14.2 Å². The average Bonchev–Trinajstić information content (AvgIpc) is 3.87. The lowest BCUT2D eigenvalue weighted by Crippen LogP contribution is -2.47. The molecule has 2 aliphatic heterocycles. The van der Waals surface area contributed by atoms with Gasteiger partial charge in [0.2, 0.25) is 5.79 Å². The van der Waals surface area contributed by atoms with Crippen LogP contribution in [-0.4, -0.2) is 65.0 Å². The number of thiophene rings is 1. The van der Waals surface area contributed by atoms with Gasteiger partial charge in [0.1, 0.15) is 24.3 Å². The predicted molar refractivity (Wildman–Crippen MR) is 186 cm³/mol. The molecule has 238 valence electrons. The van der Waals surface area contributed by atoms with E-state index in [1.165, 1.54) is 11.3 Å². The van der Waals surface area contributed by atoms with Crippen molar-refractivity contribution in [2.24, 2.45) is 0 Å². The number of ether oxygens (including phenoxy) is 3. The molecule has 0 N–H and O–H groups in total. The van der Waals surface area contributed by atoms with Crippen LogP contribution in [0.5, 0.6) is 5.75 Å². The Morgan fingerprint density at radius 1 is 1.07 bits per heavy atom. The topological polar surface area (TPSA) is 77.8 Å².